The van der Waals surface area contributed by atoms with Crippen molar-refractivity contribution in [1.82, 2.24) is 9.88 Å². The molecule has 158 valence electrons. The minimum atomic E-state index is -0.822. The summed E-state index contributed by atoms with van der Waals surface area (Å²) in [5, 5.41) is 9.69. The molecule has 5 heteroatoms. The number of amides is 1. The molecule has 0 bridgehead atoms. The van der Waals surface area contributed by atoms with E-state index < -0.39 is 6.09 Å². The van der Waals surface area contributed by atoms with Crippen LogP contribution in [0.3, 0.4) is 0 Å². The molecule has 0 unspecified atom stereocenters. The van der Waals surface area contributed by atoms with Crippen molar-refractivity contribution in [2.75, 3.05) is 6.54 Å². The quantitative estimate of drug-likeness (QED) is 0.651. The van der Waals surface area contributed by atoms with Gasteiger partial charge in [-0.25, -0.2) is 9.18 Å². The summed E-state index contributed by atoms with van der Waals surface area (Å²) in [6.07, 6.45) is 11.0. The van der Waals surface area contributed by atoms with Crippen molar-refractivity contribution < 1.29 is 14.3 Å². The maximum Gasteiger partial charge on any atom is 0.407 e. The standard InChI is InChI=1S/C25H29FN2O2/c1-2-28(25(29)30)24-15-18-6-3-4-9-22(18)23(24)13-12-21-11-10-19(16-27-21)17-7-5-8-20(26)14-17/h5,7-8,10-14,16,18,22-24H,2-4,6,9,15H2,1H3,(H,29,30)/t18-,22-,23+,24+/m1/s1. The number of hydrogen-bond donors (Lipinski definition) is 1. The van der Waals surface area contributed by atoms with Gasteiger partial charge in [-0.05, 0) is 61.4 Å². The Labute approximate surface area is 177 Å². The fourth-order valence-electron chi connectivity index (χ4n) is 5.46. The number of hydrogen-bond acceptors (Lipinski definition) is 2. The highest BCUT2D eigenvalue weighted by Gasteiger charge is 2.45. The van der Waals surface area contributed by atoms with Crippen LogP contribution in [0.2, 0.25) is 0 Å². The number of benzene rings is 1. The van der Waals surface area contributed by atoms with Gasteiger partial charge in [0.25, 0.3) is 0 Å². The number of nitrogens with zero attached hydrogens (tertiary/aromatic N) is 2. The molecule has 1 heterocycles. The molecule has 2 fully saturated rings. The van der Waals surface area contributed by atoms with E-state index in [0.29, 0.717) is 18.4 Å². The average Bonchev–Trinajstić information content (AvgIpc) is 3.11. The Balaban J connectivity index is 1.55. The van der Waals surface area contributed by atoms with Gasteiger partial charge < -0.3 is 10.0 Å². The van der Waals surface area contributed by atoms with Gasteiger partial charge in [0.15, 0.2) is 0 Å². The van der Waals surface area contributed by atoms with Crippen LogP contribution in [0.1, 0.15) is 44.7 Å². The fraction of sp³-hybridized carbons (Fsp3) is 0.440. The number of pyridine rings is 1. The SMILES string of the molecule is CCN(C(=O)O)[C@H]1C[C@H]2CCCC[C@H]2[C@@H]1C=Cc1ccc(-c2cccc(F)c2)cn1. The second-order valence-corrected chi connectivity index (χ2v) is 8.50. The van der Waals surface area contributed by atoms with Gasteiger partial charge in [0.1, 0.15) is 5.82 Å². The lowest BCUT2D eigenvalue weighted by Gasteiger charge is -2.31. The number of carboxylic acid groups (broad SMARTS) is 1. The first kappa shape index (κ1) is 20.6. The molecule has 2 aliphatic rings. The fourth-order valence-corrected chi connectivity index (χ4v) is 5.46. The molecule has 4 rings (SSSR count). The molecule has 2 aromatic rings. The van der Waals surface area contributed by atoms with Crippen molar-refractivity contribution in [3.63, 3.8) is 0 Å². The summed E-state index contributed by atoms with van der Waals surface area (Å²) >= 11 is 0. The van der Waals surface area contributed by atoms with Gasteiger partial charge in [0, 0.05) is 30.3 Å². The molecule has 4 atom stereocenters. The Morgan fingerprint density at radius 3 is 2.77 bits per heavy atom. The zero-order valence-corrected chi connectivity index (χ0v) is 17.4. The Morgan fingerprint density at radius 2 is 2.07 bits per heavy atom. The first-order chi connectivity index (χ1) is 14.6. The van der Waals surface area contributed by atoms with Gasteiger partial charge in [0.05, 0.1) is 5.69 Å². The van der Waals surface area contributed by atoms with Crippen molar-refractivity contribution in [3.8, 4) is 11.1 Å². The Morgan fingerprint density at radius 1 is 1.23 bits per heavy atom. The predicted octanol–water partition coefficient (Wildman–Crippen LogP) is 6.10. The number of carbonyl (C=O) groups is 1. The molecule has 0 aliphatic heterocycles. The highest BCUT2D eigenvalue weighted by atomic mass is 19.1. The minimum Gasteiger partial charge on any atom is -0.465 e. The lowest BCUT2D eigenvalue weighted by atomic mass is 9.78. The average molecular weight is 409 g/mol. The van der Waals surface area contributed by atoms with E-state index in [1.165, 1.54) is 37.8 Å². The lowest BCUT2D eigenvalue weighted by Crippen LogP contribution is -2.41. The smallest absolute Gasteiger partial charge is 0.407 e. The van der Waals surface area contributed by atoms with Gasteiger partial charge in [0.2, 0.25) is 0 Å². The summed E-state index contributed by atoms with van der Waals surface area (Å²) in [6.45, 7) is 2.44. The second-order valence-electron chi connectivity index (χ2n) is 8.50. The van der Waals surface area contributed by atoms with E-state index in [1.54, 1.807) is 17.2 Å². The molecule has 1 N–H and O–H groups in total. The molecule has 0 saturated heterocycles. The van der Waals surface area contributed by atoms with Gasteiger partial charge >= 0.3 is 6.09 Å². The molecule has 4 nitrogen and oxygen atoms in total. The van der Waals surface area contributed by atoms with Gasteiger partial charge in [-0.1, -0.05) is 43.5 Å². The molecule has 0 radical (unpaired) electrons. The number of rotatable bonds is 5. The van der Waals surface area contributed by atoms with Crippen molar-refractivity contribution in [2.45, 2.75) is 45.1 Å². The Hall–Kier alpha value is -2.69. The minimum absolute atomic E-state index is 0.0448. The van der Waals surface area contributed by atoms with E-state index in [4.69, 9.17) is 0 Å². The third kappa shape index (κ3) is 4.25. The van der Waals surface area contributed by atoms with Crippen LogP contribution in [0.4, 0.5) is 9.18 Å². The van der Waals surface area contributed by atoms with E-state index in [1.807, 2.05) is 31.2 Å². The van der Waals surface area contributed by atoms with E-state index in [-0.39, 0.29) is 17.8 Å². The van der Waals surface area contributed by atoms with Crippen LogP contribution in [0.15, 0.2) is 48.7 Å². The number of aromatic nitrogens is 1. The van der Waals surface area contributed by atoms with Crippen molar-refractivity contribution in [3.05, 3.63) is 60.2 Å². The van der Waals surface area contributed by atoms with E-state index >= 15 is 0 Å². The Kier molecular flexibility index (Phi) is 6.16. The Bertz CT molecular complexity index is 912. The van der Waals surface area contributed by atoms with Crippen LogP contribution < -0.4 is 0 Å². The third-order valence-corrected chi connectivity index (χ3v) is 6.87. The summed E-state index contributed by atoms with van der Waals surface area (Å²) in [5.41, 5.74) is 2.52. The van der Waals surface area contributed by atoms with Gasteiger partial charge in [-0.15, -0.1) is 0 Å². The van der Waals surface area contributed by atoms with E-state index in [2.05, 4.69) is 11.1 Å². The summed E-state index contributed by atoms with van der Waals surface area (Å²) in [4.78, 5) is 18.0. The van der Waals surface area contributed by atoms with Crippen LogP contribution in [0.5, 0.6) is 0 Å². The number of halogens is 1. The third-order valence-electron chi connectivity index (χ3n) is 6.87. The molecule has 0 spiro atoms. The first-order valence-corrected chi connectivity index (χ1v) is 11.0. The second kappa shape index (κ2) is 8.99. The molecular weight excluding hydrogens is 379 g/mol. The maximum atomic E-state index is 13.5. The molecule has 1 amide bonds. The normalized spacial score (nSPS) is 25.9. The number of fused-ring (bicyclic) bond motifs is 1. The summed E-state index contributed by atoms with van der Waals surface area (Å²) in [7, 11) is 0. The highest BCUT2D eigenvalue weighted by Crippen LogP contribution is 2.48. The zero-order chi connectivity index (χ0) is 21.1. The largest absolute Gasteiger partial charge is 0.465 e. The summed E-state index contributed by atoms with van der Waals surface area (Å²) < 4.78 is 13.5. The maximum absolute atomic E-state index is 13.5. The summed E-state index contributed by atoms with van der Waals surface area (Å²) in [6, 6.07) is 10.4. The van der Waals surface area contributed by atoms with Crippen LogP contribution in [0.25, 0.3) is 17.2 Å². The highest BCUT2D eigenvalue weighted by molar-refractivity contribution is 5.66. The molecular formula is C25H29FN2O2. The molecule has 30 heavy (non-hydrogen) atoms. The first-order valence-electron chi connectivity index (χ1n) is 11.0. The zero-order valence-electron chi connectivity index (χ0n) is 17.4. The molecule has 1 aromatic carbocycles. The predicted molar refractivity (Wildman–Crippen MR) is 116 cm³/mol. The van der Waals surface area contributed by atoms with Gasteiger partial charge in [-0.2, -0.15) is 0 Å². The van der Waals surface area contributed by atoms with Crippen molar-refractivity contribution in [1.29, 1.82) is 0 Å². The molecule has 1 aromatic heterocycles. The van der Waals surface area contributed by atoms with Crippen molar-refractivity contribution in [2.24, 2.45) is 17.8 Å². The lowest BCUT2D eigenvalue weighted by molar-refractivity contribution is 0.117. The van der Waals surface area contributed by atoms with Crippen LogP contribution >= 0.6 is 0 Å². The monoisotopic (exact) mass is 408 g/mol. The van der Waals surface area contributed by atoms with E-state index in [9.17, 15) is 14.3 Å². The van der Waals surface area contributed by atoms with Gasteiger partial charge in [-0.3, -0.25) is 4.98 Å². The molecule has 2 saturated carbocycles. The molecule has 2 aliphatic carbocycles. The van der Waals surface area contributed by atoms with E-state index in [0.717, 1.165) is 23.2 Å². The topological polar surface area (TPSA) is 53.4 Å². The van der Waals surface area contributed by atoms with Crippen LogP contribution in [-0.2, 0) is 0 Å². The summed E-state index contributed by atoms with van der Waals surface area (Å²) in [5.74, 6) is 1.15. The van der Waals surface area contributed by atoms with Crippen LogP contribution in [-0.4, -0.2) is 33.7 Å². The van der Waals surface area contributed by atoms with Crippen molar-refractivity contribution >= 4 is 12.2 Å². The van der Waals surface area contributed by atoms with Crippen LogP contribution in [0, 0.1) is 23.6 Å².